The molecule has 1 aliphatic heterocycles. The number of carbonyl (C=O) groups excluding carboxylic acids is 3. The lowest BCUT2D eigenvalue weighted by molar-refractivity contribution is 0.0692. The third kappa shape index (κ3) is 4.00. The summed E-state index contributed by atoms with van der Waals surface area (Å²) in [6.07, 6.45) is 0. The van der Waals surface area contributed by atoms with E-state index < -0.39 is 11.8 Å². The minimum absolute atomic E-state index is 0.253. The Morgan fingerprint density at radius 2 is 1.51 bits per heavy atom. The highest BCUT2D eigenvalue weighted by atomic mass is 16.5. The first kappa shape index (κ1) is 23.8. The van der Waals surface area contributed by atoms with Crippen LogP contribution in [-0.2, 0) is 0 Å². The summed E-state index contributed by atoms with van der Waals surface area (Å²) in [5.74, 6) is 0.198. The molecular weight excluding hydrogens is 474 g/mol. The van der Waals surface area contributed by atoms with E-state index in [1.54, 1.807) is 30.3 Å². The average Bonchev–Trinajstić information content (AvgIpc) is 3.14. The van der Waals surface area contributed by atoms with Crippen molar-refractivity contribution in [3.05, 3.63) is 77.4 Å². The van der Waals surface area contributed by atoms with E-state index in [9.17, 15) is 14.4 Å². The largest absolute Gasteiger partial charge is 0.493 e. The van der Waals surface area contributed by atoms with Crippen LogP contribution in [-0.4, -0.2) is 56.0 Å². The summed E-state index contributed by atoms with van der Waals surface area (Å²) in [5.41, 5.74) is 3.16. The molecule has 37 heavy (non-hydrogen) atoms. The molecule has 0 radical (unpaired) electrons. The number of hydrogen-bond acceptors (Lipinski definition) is 7. The lowest BCUT2D eigenvalue weighted by Crippen LogP contribution is -2.24. The fraction of sp³-hybridized carbons (Fsp3) is 0.143. The van der Waals surface area contributed by atoms with Gasteiger partial charge in [-0.3, -0.25) is 19.3 Å². The number of hydrogen-bond donors (Lipinski definition) is 1. The number of rotatable bonds is 6. The van der Waals surface area contributed by atoms with Crippen LogP contribution < -0.4 is 19.5 Å². The predicted molar refractivity (Wildman–Crippen MR) is 138 cm³/mol. The van der Waals surface area contributed by atoms with Gasteiger partial charge in [-0.2, -0.15) is 0 Å². The monoisotopic (exact) mass is 497 g/mol. The number of amides is 3. The number of carbonyl (C=O) groups is 3. The normalized spacial score (nSPS) is 12.5. The van der Waals surface area contributed by atoms with Crippen LogP contribution in [0, 0.1) is 0 Å². The van der Waals surface area contributed by atoms with Crippen molar-refractivity contribution in [1.82, 2.24) is 9.88 Å². The Hall–Kier alpha value is -4.92. The molecule has 0 spiro atoms. The number of nitrogens with one attached hydrogen (secondary N) is 1. The Bertz CT molecular complexity index is 1570. The highest BCUT2D eigenvalue weighted by Gasteiger charge is 2.33. The summed E-state index contributed by atoms with van der Waals surface area (Å²) in [6.45, 7) is 0. The molecule has 1 N–H and O–H groups in total. The van der Waals surface area contributed by atoms with Crippen molar-refractivity contribution >= 4 is 34.3 Å². The molecule has 186 valence electrons. The predicted octanol–water partition coefficient (Wildman–Crippen LogP) is 4.41. The second-order valence-electron chi connectivity index (χ2n) is 8.37. The van der Waals surface area contributed by atoms with Gasteiger partial charge in [-0.1, -0.05) is 18.2 Å². The molecule has 0 atom stereocenters. The van der Waals surface area contributed by atoms with Gasteiger partial charge < -0.3 is 19.5 Å². The number of nitrogens with zero attached hydrogens (tertiary/aromatic N) is 2. The Labute approximate surface area is 212 Å². The number of imide groups is 1. The number of benzene rings is 3. The summed E-state index contributed by atoms with van der Waals surface area (Å²) in [6, 6.07) is 17.2. The zero-order chi connectivity index (χ0) is 26.3. The van der Waals surface area contributed by atoms with Crippen LogP contribution in [0.2, 0.25) is 0 Å². The van der Waals surface area contributed by atoms with Gasteiger partial charge in [0.1, 0.15) is 0 Å². The van der Waals surface area contributed by atoms with Crippen molar-refractivity contribution in [2.75, 3.05) is 33.7 Å². The quantitative estimate of drug-likeness (QED) is 0.393. The lowest BCUT2D eigenvalue weighted by Gasteiger charge is -2.15. The topological polar surface area (TPSA) is 107 Å². The zero-order valence-corrected chi connectivity index (χ0v) is 20.6. The van der Waals surface area contributed by atoms with Crippen molar-refractivity contribution in [3.8, 4) is 28.5 Å². The van der Waals surface area contributed by atoms with Gasteiger partial charge in [-0.25, -0.2) is 4.98 Å². The Balaban J connectivity index is 1.58. The molecule has 2 heterocycles. The molecule has 0 bridgehead atoms. The number of para-hydroxylation sites is 1. The van der Waals surface area contributed by atoms with E-state index in [0.29, 0.717) is 56.2 Å². The van der Waals surface area contributed by atoms with Crippen molar-refractivity contribution in [3.63, 3.8) is 0 Å². The number of anilines is 1. The van der Waals surface area contributed by atoms with Gasteiger partial charge in [0.2, 0.25) is 5.75 Å². The van der Waals surface area contributed by atoms with E-state index in [1.807, 2.05) is 24.3 Å². The van der Waals surface area contributed by atoms with Crippen molar-refractivity contribution < 1.29 is 28.6 Å². The van der Waals surface area contributed by atoms with Crippen LogP contribution >= 0.6 is 0 Å². The fourth-order valence-electron chi connectivity index (χ4n) is 4.38. The first-order valence-electron chi connectivity index (χ1n) is 11.3. The number of pyridine rings is 1. The van der Waals surface area contributed by atoms with Crippen LogP contribution in [0.25, 0.3) is 22.2 Å². The highest BCUT2D eigenvalue weighted by molar-refractivity contribution is 6.22. The van der Waals surface area contributed by atoms with Gasteiger partial charge in [0.05, 0.1) is 49.2 Å². The molecule has 5 rings (SSSR count). The van der Waals surface area contributed by atoms with Crippen LogP contribution in [0.5, 0.6) is 17.2 Å². The number of methoxy groups -OCH3 is 3. The Morgan fingerprint density at radius 3 is 2.19 bits per heavy atom. The summed E-state index contributed by atoms with van der Waals surface area (Å²) in [4.78, 5) is 43.9. The number of aromatic nitrogens is 1. The molecule has 0 unspecified atom stereocenters. The lowest BCUT2D eigenvalue weighted by atomic mass is 10.0. The minimum Gasteiger partial charge on any atom is -0.493 e. The maximum Gasteiger partial charge on any atom is 0.261 e. The molecule has 9 nitrogen and oxygen atoms in total. The van der Waals surface area contributed by atoms with Crippen molar-refractivity contribution in [2.24, 2.45) is 0 Å². The minimum atomic E-state index is -0.407. The van der Waals surface area contributed by atoms with Gasteiger partial charge in [0.25, 0.3) is 17.7 Å². The SMILES string of the molecule is COc1cc(-c2cc(C(=O)Nc3ccc4c(c3)C(=O)N(C)C4=O)c3ccccc3n2)cc(OC)c1OC. The number of fused-ring (bicyclic) bond motifs is 2. The highest BCUT2D eigenvalue weighted by Crippen LogP contribution is 2.41. The van der Waals surface area contributed by atoms with E-state index in [0.717, 1.165) is 4.90 Å². The molecular formula is C28H23N3O6. The molecule has 0 fully saturated rings. The van der Waals surface area contributed by atoms with Crippen LogP contribution in [0.4, 0.5) is 5.69 Å². The van der Waals surface area contributed by atoms with E-state index in [1.165, 1.54) is 34.4 Å². The summed E-state index contributed by atoms with van der Waals surface area (Å²) < 4.78 is 16.4. The Morgan fingerprint density at radius 1 is 0.838 bits per heavy atom. The van der Waals surface area contributed by atoms with Gasteiger partial charge in [-0.05, 0) is 42.5 Å². The summed E-state index contributed by atoms with van der Waals surface area (Å²) >= 11 is 0. The van der Waals surface area contributed by atoms with Crippen LogP contribution in [0.1, 0.15) is 31.1 Å². The average molecular weight is 498 g/mol. The molecule has 3 aromatic carbocycles. The molecule has 3 amide bonds. The van der Waals surface area contributed by atoms with Gasteiger partial charge in [0, 0.05) is 23.7 Å². The third-order valence-electron chi connectivity index (χ3n) is 6.27. The van der Waals surface area contributed by atoms with Gasteiger partial charge >= 0.3 is 0 Å². The smallest absolute Gasteiger partial charge is 0.261 e. The maximum atomic E-state index is 13.5. The third-order valence-corrected chi connectivity index (χ3v) is 6.27. The number of ether oxygens (including phenoxy) is 3. The van der Waals surface area contributed by atoms with E-state index >= 15 is 0 Å². The molecule has 0 saturated heterocycles. The maximum absolute atomic E-state index is 13.5. The molecule has 0 aliphatic carbocycles. The first-order valence-corrected chi connectivity index (χ1v) is 11.3. The van der Waals surface area contributed by atoms with E-state index in [-0.39, 0.29) is 11.5 Å². The van der Waals surface area contributed by atoms with Crippen molar-refractivity contribution in [2.45, 2.75) is 0 Å². The fourth-order valence-corrected chi connectivity index (χ4v) is 4.38. The molecule has 0 saturated carbocycles. The summed E-state index contributed by atoms with van der Waals surface area (Å²) in [7, 11) is 6.01. The standard InChI is InChI=1S/C28H23N3O6/c1-31-27(33)18-10-9-16(13-20(18)28(31)34)29-26(32)19-14-22(30-21-8-6-5-7-17(19)21)15-11-23(35-2)25(37-4)24(12-15)36-3/h5-14H,1-4H3,(H,29,32). The second-order valence-corrected chi connectivity index (χ2v) is 8.37. The zero-order valence-electron chi connectivity index (χ0n) is 20.6. The summed E-state index contributed by atoms with van der Waals surface area (Å²) in [5, 5.41) is 3.51. The Kier molecular flexibility index (Phi) is 5.96. The van der Waals surface area contributed by atoms with Crippen LogP contribution in [0.3, 0.4) is 0 Å². The molecule has 4 aromatic rings. The van der Waals surface area contributed by atoms with E-state index in [4.69, 9.17) is 19.2 Å². The molecule has 1 aliphatic rings. The second kappa shape index (κ2) is 9.27. The van der Waals surface area contributed by atoms with Gasteiger partial charge in [-0.15, -0.1) is 0 Å². The van der Waals surface area contributed by atoms with Crippen LogP contribution in [0.15, 0.2) is 60.7 Å². The van der Waals surface area contributed by atoms with E-state index in [2.05, 4.69) is 5.32 Å². The molecule has 9 heteroatoms. The van der Waals surface area contributed by atoms with Crippen molar-refractivity contribution in [1.29, 1.82) is 0 Å². The van der Waals surface area contributed by atoms with Gasteiger partial charge in [0.15, 0.2) is 11.5 Å². The molecule has 1 aromatic heterocycles. The first-order chi connectivity index (χ1) is 17.9.